The van der Waals surface area contributed by atoms with Crippen LogP contribution in [0.1, 0.15) is 26.2 Å². The van der Waals surface area contributed by atoms with Crippen molar-refractivity contribution in [2.75, 3.05) is 23.6 Å². The van der Waals surface area contributed by atoms with E-state index in [0.29, 0.717) is 6.42 Å². The number of anilines is 1. The summed E-state index contributed by atoms with van der Waals surface area (Å²) in [6, 6.07) is 3.56. The number of hydrogen-bond acceptors (Lipinski definition) is 3. The maximum atomic E-state index is 12.9. The lowest BCUT2D eigenvalue weighted by Gasteiger charge is -2.09. The third-order valence-corrected chi connectivity index (χ3v) is 4.31. The molecule has 0 bridgehead atoms. The Hall–Kier alpha value is -0.850. The van der Waals surface area contributed by atoms with Gasteiger partial charge in [-0.3, -0.25) is 4.72 Å². The summed E-state index contributed by atoms with van der Waals surface area (Å²) in [7, 11) is -3.45. The molecule has 0 aliphatic carbocycles. The van der Waals surface area contributed by atoms with Gasteiger partial charge in [0.1, 0.15) is 5.82 Å². The first-order valence-corrected chi connectivity index (χ1v) is 8.64. The minimum absolute atomic E-state index is 0.0223. The van der Waals surface area contributed by atoms with E-state index in [1.807, 2.05) is 0 Å². The molecule has 0 amide bonds. The van der Waals surface area contributed by atoms with E-state index in [1.54, 1.807) is 0 Å². The Labute approximate surface area is 124 Å². The highest BCUT2D eigenvalue weighted by atomic mass is 35.5. The van der Waals surface area contributed by atoms with E-state index in [4.69, 9.17) is 11.6 Å². The van der Waals surface area contributed by atoms with Crippen molar-refractivity contribution >= 4 is 27.3 Å². The van der Waals surface area contributed by atoms with Crippen LogP contribution in [-0.2, 0) is 10.0 Å². The van der Waals surface area contributed by atoms with Crippen LogP contribution in [0.4, 0.5) is 10.1 Å². The average Bonchev–Trinajstić information content (AvgIpc) is 2.37. The molecule has 20 heavy (non-hydrogen) atoms. The predicted molar refractivity (Wildman–Crippen MR) is 81.2 cm³/mol. The molecule has 0 heterocycles. The summed E-state index contributed by atoms with van der Waals surface area (Å²) in [6.07, 6.45) is 2.41. The van der Waals surface area contributed by atoms with Crippen molar-refractivity contribution in [3.05, 3.63) is 29.0 Å². The topological polar surface area (TPSA) is 58.2 Å². The van der Waals surface area contributed by atoms with Crippen molar-refractivity contribution in [2.24, 2.45) is 0 Å². The second-order valence-electron chi connectivity index (χ2n) is 4.50. The Morgan fingerprint density at radius 3 is 2.65 bits per heavy atom. The Kier molecular flexibility index (Phi) is 7.26. The second kappa shape index (κ2) is 8.44. The summed E-state index contributed by atoms with van der Waals surface area (Å²) >= 11 is 5.78. The maximum Gasteiger partial charge on any atom is 0.232 e. The van der Waals surface area contributed by atoms with Gasteiger partial charge in [-0.15, -0.1) is 0 Å². The summed E-state index contributed by atoms with van der Waals surface area (Å²) < 4.78 is 38.9. The molecular weight excluding hydrogens is 303 g/mol. The normalized spacial score (nSPS) is 11.6. The van der Waals surface area contributed by atoms with Gasteiger partial charge in [-0.05, 0) is 50.6 Å². The lowest BCUT2D eigenvalue weighted by atomic mass is 10.3. The lowest BCUT2D eigenvalue weighted by Crippen LogP contribution is -2.20. The van der Waals surface area contributed by atoms with Gasteiger partial charge in [0.15, 0.2) is 0 Å². The van der Waals surface area contributed by atoms with Crippen LogP contribution in [0.5, 0.6) is 0 Å². The fourth-order valence-corrected chi connectivity index (χ4v) is 3.10. The zero-order valence-electron chi connectivity index (χ0n) is 11.5. The second-order valence-corrected chi connectivity index (χ2v) is 6.75. The standard InChI is InChI=1S/C13H20ClFN2O2S/c1-2-7-16-8-3-4-9-20(18,19)17-13-6-5-11(15)10-12(13)14/h5-6,10,16-17H,2-4,7-9H2,1H3. The molecule has 0 unspecified atom stereocenters. The highest BCUT2D eigenvalue weighted by Gasteiger charge is 2.12. The third kappa shape index (κ3) is 6.54. The Morgan fingerprint density at radius 2 is 2.00 bits per heavy atom. The number of hydrogen-bond donors (Lipinski definition) is 2. The van der Waals surface area contributed by atoms with Gasteiger partial charge >= 0.3 is 0 Å². The summed E-state index contributed by atoms with van der Waals surface area (Å²) in [5.41, 5.74) is 0.206. The number of benzene rings is 1. The Bertz CT molecular complexity index is 523. The van der Waals surface area contributed by atoms with Gasteiger partial charge in [0, 0.05) is 0 Å². The molecule has 0 saturated carbocycles. The molecule has 0 aliphatic rings. The van der Waals surface area contributed by atoms with E-state index in [0.717, 1.165) is 32.0 Å². The maximum absolute atomic E-state index is 12.9. The number of halogens is 2. The van der Waals surface area contributed by atoms with Crippen molar-refractivity contribution < 1.29 is 12.8 Å². The molecule has 0 aromatic heterocycles. The molecule has 0 spiro atoms. The number of unbranched alkanes of at least 4 members (excludes halogenated alkanes) is 1. The van der Waals surface area contributed by atoms with Gasteiger partial charge in [0.05, 0.1) is 16.5 Å². The molecule has 2 N–H and O–H groups in total. The van der Waals surface area contributed by atoms with Crippen LogP contribution in [0.2, 0.25) is 5.02 Å². The predicted octanol–water partition coefficient (Wildman–Crippen LogP) is 3.00. The van der Waals surface area contributed by atoms with Gasteiger partial charge < -0.3 is 5.32 Å². The molecule has 7 heteroatoms. The molecule has 1 rings (SSSR count). The van der Waals surface area contributed by atoms with Gasteiger partial charge in [-0.2, -0.15) is 0 Å². The fourth-order valence-electron chi connectivity index (χ4n) is 1.63. The van der Waals surface area contributed by atoms with Gasteiger partial charge in [0.25, 0.3) is 0 Å². The van der Waals surface area contributed by atoms with Crippen LogP contribution >= 0.6 is 11.6 Å². The molecule has 0 saturated heterocycles. The molecule has 1 aromatic carbocycles. The van der Waals surface area contributed by atoms with Gasteiger partial charge in [-0.25, -0.2) is 12.8 Å². The largest absolute Gasteiger partial charge is 0.317 e. The van der Waals surface area contributed by atoms with Crippen molar-refractivity contribution in [1.82, 2.24) is 5.32 Å². The Balaban J connectivity index is 2.41. The molecular formula is C13H20ClFN2O2S. The minimum atomic E-state index is -3.45. The van der Waals surface area contributed by atoms with Gasteiger partial charge in [0.2, 0.25) is 10.0 Å². The minimum Gasteiger partial charge on any atom is -0.317 e. The van der Waals surface area contributed by atoms with Crippen LogP contribution in [0, 0.1) is 5.82 Å². The van der Waals surface area contributed by atoms with E-state index >= 15 is 0 Å². The first kappa shape index (κ1) is 17.2. The van der Waals surface area contributed by atoms with Crippen molar-refractivity contribution in [3.63, 3.8) is 0 Å². The number of nitrogens with one attached hydrogen (secondary N) is 2. The van der Waals surface area contributed by atoms with Crippen LogP contribution in [-0.4, -0.2) is 27.3 Å². The zero-order valence-corrected chi connectivity index (χ0v) is 13.0. The molecule has 4 nitrogen and oxygen atoms in total. The van der Waals surface area contributed by atoms with E-state index in [2.05, 4.69) is 17.0 Å². The average molecular weight is 323 g/mol. The lowest BCUT2D eigenvalue weighted by molar-refractivity contribution is 0.590. The molecule has 114 valence electrons. The summed E-state index contributed by atoms with van der Waals surface area (Å²) in [5, 5.41) is 3.26. The van der Waals surface area contributed by atoms with Crippen LogP contribution < -0.4 is 10.0 Å². The van der Waals surface area contributed by atoms with Crippen molar-refractivity contribution in [2.45, 2.75) is 26.2 Å². The fraction of sp³-hybridized carbons (Fsp3) is 0.538. The first-order valence-electron chi connectivity index (χ1n) is 6.61. The molecule has 0 fully saturated rings. The Morgan fingerprint density at radius 1 is 1.25 bits per heavy atom. The van der Waals surface area contributed by atoms with E-state index in [9.17, 15) is 12.8 Å². The first-order chi connectivity index (χ1) is 9.44. The molecule has 1 aromatic rings. The van der Waals surface area contributed by atoms with E-state index < -0.39 is 15.8 Å². The van der Waals surface area contributed by atoms with Crippen LogP contribution in [0.3, 0.4) is 0 Å². The van der Waals surface area contributed by atoms with E-state index in [-0.39, 0.29) is 16.5 Å². The SMILES string of the molecule is CCCNCCCCS(=O)(=O)Nc1ccc(F)cc1Cl. The summed E-state index contributed by atoms with van der Waals surface area (Å²) in [4.78, 5) is 0. The smallest absolute Gasteiger partial charge is 0.232 e. The summed E-state index contributed by atoms with van der Waals surface area (Å²) in [6.45, 7) is 3.82. The summed E-state index contributed by atoms with van der Waals surface area (Å²) in [5.74, 6) is -0.478. The van der Waals surface area contributed by atoms with Gasteiger partial charge in [-0.1, -0.05) is 18.5 Å². The van der Waals surface area contributed by atoms with Crippen LogP contribution in [0.25, 0.3) is 0 Å². The zero-order chi connectivity index (χ0) is 15.0. The number of rotatable bonds is 9. The van der Waals surface area contributed by atoms with Crippen molar-refractivity contribution in [1.29, 1.82) is 0 Å². The quantitative estimate of drug-likeness (QED) is 0.687. The monoisotopic (exact) mass is 322 g/mol. The van der Waals surface area contributed by atoms with Crippen LogP contribution in [0.15, 0.2) is 18.2 Å². The number of sulfonamides is 1. The van der Waals surface area contributed by atoms with E-state index in [1.165, 1.54) is 12.1 Å². The molecule has 0 aliphatic heterocycles. The highest BCUT2D eigenvalue weighted by Crippen LogP contribution is 2.23. The molecule has 0 radical (unpaired) electrons. The third-order valence-electron chi connectivity index (χ3n) is 2.64. The molecule has 0 atom stereocenters. The van der Waals surface area contributed by atoms with Crippen molar-refractivity contribution in [3.8, 4) is 0 Å². The highest BCUT2D eigenvalue weighted by molar-refractivity contribution is 7.92.